The van der Waals surface area contributed by atoms with Gasteiger partial charge in [-0.25, -0.2) is 0 Å². The first-order chi connectivity index (χ1) is 6.86. The topological polar surface area (TPSA) is 23.5 Å². The summed E-state index contributed by atoms with van der Waals surface area (Å²) in [5.74, 6) is 0.604. The van der Waals surface area contributed by atoms with Gasteiger partial charge < -0.3 is 5.11 Å². The molecular formula is C11H17Cl2NO. The van der Waals surface area contributed by atoms with E-state index in [4.69, 9.17) is 16.7 Å². The summed E-state index contributed by atoms with van der Waals surface area (Å²) in [6, 6.07) is 10.2. The minimum absolute atomic E-state index is 0. The number of aliphatic hydroxyl groups excluding tert-OH is 1. The molecule has 1 aromatic rings. The summed E-state index contributed by atoms with van der Waals surface area (Å²) in [6.45, 7) is 2.54. The van der Waals surface area contributed by atoms with Crippen LogP contribution in [0.1, 0.15) is 5.56 Å². The van der Waals surface area contributed by atoms with Crippen LogP contribution in [0.25, 0.3) is 0 Å². The Morgan fingerprint density at radius 1 is 1.13 bits per heavy atom. The Labute approximate surface area is 102 Å². The van der Waals surface area contributed by atoms with E-state index in [0.717, 1.165) is 13.1 Å². The molecule has 0 heterocycles. The molecule has 0 aliphatic heterocycles. The maximum atomic E-state index is 8.86. The molecule has 0 aromatic heterocycles. The lowest BCUT2D eigenvalue weighted by atomic mass is 10.2. The molecule has 0 fully saturated rings. The van der Waals surface area contributed by atoms with E-state index in [-0.39, 0.29) is 19.0 Å². The van der Waals surface area contributed by atoms with Gasteiger partial charge in [-0.05, 0) is 5.56 Å². The Kier molecular flexibility index (Phi) is 8.82. The number of hydrogen-bond acceptors (Lipinski definition) is 2. The number of benzene rings is 1. The van der Waals surface area contributed by atoms with Crippen LogP contribution in [0.3, 0.4) is 0 Å². The molecule has 86 valence electrons. The van der Waals surface area contributed by atoms with E-state index in [1.165, 1.54) is 5.56 Å². The molecule has 2 nitrogen and oxygen atoms in total. The Hall–Kier alpha value is -0.280. The lowest BCUT2D eigenvalue weighted by Crippen LogP contribution is -2.28. The molecular weight excluding hydrogens is 233 g/mol. The number of hydrogen-bond donors (Lipinski definition) is 1. The highest BCUT2D eigenvalue weighted by atomic mass is 35.5. The summed E-state index contributed by atoms with van der Waals surface area (Å²) in [6.07, 6.45) is 0. The fourth-order valence-corrected chi connectivity index (χ4v) is 1.61. The van der Waals surface area contributed by atoms with Crippen molar-refractivity contribution < 1.29 is 5.11 Å². The third-order valence-corrected chi connectivity index (χ3v) is 2.24. The van der Waals surface area contributed by atoms with Crippen LogP contribution in [0.15, 0.2) is 30.3 Å². The Morgan fingerprint density at radius 2 is 1.80 bits per heavy atom. The van der Waals surface area contributed by atoms with Crippen LogP contribution in [0.2, 0.25) is 0 Å². The van der Waals surface area contributed by atoms with Gasteiger partial charge in [-0.1, -0.05) is 30.3 Å². The number of rotatable bonds is 6. The molecule has 1 rings (SSSR count). The molecule has 0 saturated carbocycles. The van der Waals surface area contributed by atoms with E-state index in [0.29, 0.717) is 12.4 Å². The highest BCUT2D eigenvalue weighted by molar-refractivity contribution is 6.18. The van der Waals surface area contributed by atoms with Crippen LogP contribution in [-0.4, -0.2) is 35.6 Å². The van der Waals surface area contributed by atoms with Crippen LogP contribution in [-0.2, 0) is 6.54 Å². The van der Waals surface area contributed by atoms with Gasteiger partial charge in [-0.15, -0.1) is 24.0 Å². The van der Waals surface area contributed by atoms with E-state index in [1.54, 1.807) is 0 Å². The normalized spacial score (nSPS) is 10.1. The molecule has 0 bridgehead atoms. The van der Waals surface area contributed by atoms with Gasteiger partial charge in [0.15, 0.2) is 0 Å². The molecule has 0 saturated heterocycles. The van der Waals surface area contributed by atoms with Crippen molar-refractivity contribution in [2.45, 2.75) is 6.54 Å². The second-order valence-corrected chi connectivity index (χ2v) is 3.55. The van der Waals surface area contributed by atoms with Crippen molar-refractivity contribution in [2.24, 2.45) is 0 Å². The maximum absolute atomic E-state index is 8.86. The summed E-state index contributed by atoms with van der Waals surface area (Å²) < 4.78 is 0. The van der Waals surface area contributed by atoms with Crippen molar-refractivity contribution in [2.75, 3.05) is 25.6 Å². The van der Waals surface area contributed by atoms with E-state index in [9.17, 15) is 0 Å². The number of aliphatic hydroxyl groups is 1. The summed E-state index contributed by atoms with van der Waals surface area (Å²) in [5.41, 5.74) is 1.26. The summed E-state index contributed by atoms with van der Waals surface area (Å²) in [7, 11) is 0. The zero-order valence-electron chi connectivity index (χ0n) is 8.60. The average molecular weight is 250 g/mol. The molecule has 0 radical (unpaired) electrons. The van der Waals surface area contributed by atoms with Crippen molar-refractivity contribution in [1.29, 1.82) is 0 Å². The van der Waals surface area contributed by atoms with E-state index < -0.39 is 0 Å². The van der Waals surface area contributed by atoms with E-state index >= 15 is 0 Å². The molecule has 0 aliphatic rings. The average Bonchev–Trinajstić information content (AvgIpc) is 2.20. The standard InChI is InChI=1S/C11H16ClNO.ClH/c12-6-7-13(8-9-14)10-11-4-2-1-3-5-11;/h1-5,14H,6-10H2;1H. The minimum Gasteiger partial charge on any atom is -0.395 e. The van der Waals surface area contributed by atoms with Crippen LogP contribution < -0.4 is 0 Å². The van der Waals surface area contributed by atoms with Gasteiger partial charge in [0.25, 0.3) is 0 Å². The van der Waals surface area contributed by atoms with Gasteiger partial charge in [-0.3, -0.25) is 4.90 Å². The lowest BCUT2D eigenvalue weighted by Gasteiger charge is -2.19. The fourth-order valence-electron chi connectivity index (χ4n) is 1.37. The number of nitrogens with zero attached hydrogens (tertiary/aromatic N) is 1. The zero-order chi connectivity index (χ0) is 10.2. The molecule has 15 heavy (non-hydrogen) atoms. The maximum Gasteiger partial charge on any atom is 0.0558 e. The van der Waals surface area contributed by atoms with E-state index in [1.807, 2.05) is 18.2 Å². The molecule has 1 aromatic carbocycles. The van der Waals surface area contributed by atoms with Gasteiger partial charge in [0, 0.05) is 25.5 Å². The number of alkyl halides is 1. The predicted octanol–water partition coefficient (Wildman–Crippen LogP) is 2.14. The van der Waals surface area contributed by atoms with Crippen molar-refractivity contribution in [3.05, 3.63) is 35.9 Å². The SMILES string of the molecule is Cl.OCCN(CCCl)Cc1ccccc1. The molecule has 1 N–H and O–H groups in total. The van der Waals surface area contributed by atoms with Gasteiger partial charge in [0.1, 0.15) is 0 Å². The van der Waals surface area contributed by atoms with E-state index in [2.05, 4.69) is 17.0 Å². The van der Waals surface area contributed by atoms with Gasteiger partial charge in [0.2, 0.25) is 0 Å². The lowest BCUT2D eigenvalue weighted by molar-refractivity contribution is 0.197. The Morgan fingerprint density at radius 3 is 2.33 bits per heavy atom. The monoisotopic (exact) mass is 249 g/mol. The fraction of sp³-hybridized carbons (Fsp3) is 0.455. The highest BCUT2D eigenvalue weighted by Crippen LogP contribution is 2.03. The third-order valence-electron chi connectivity index (χ3n) is 2.07. The largest absolute Gasteiger partial charge is 0.395 e. The molecule has 0 atom stereocenters. The van der Waals surface area contributed by atoms with Crippen molar-refractivity contribution in [3.63, 3.8) is 0 Å². The smallest absolute Gasteiger partial charge is 0.0558 e. The van der Waals surface area contributed by atoms with Crippen LogP contribution in [0, 0.1) is 0 Å². The first-order valence-corrected chi connectivity index (χ1v) is 5.33. The van der Waals surface area contributed by atoms with Crippen molar-refractivity contribution in [3.8, 4) is 0 Å². The molecule has 0 aliphatic carbocycles. The molecule has 4 heteroatoms. The Balaban J connectivity index is 0.00000196. The van der Waals surface area contributed by atoms with Gasteiger partial charge in [0.05, 0.1) is 6.61 Å². The van der Waals surface area contributed by atoms with Crippen molar-refractivity contribution in [1.82, 2.24) is 4.90 Å². The minimum atomic E-state index is 0. The Bertz CT molecular complexity index is 238. The van der Waals surface area contributed by atoms with Gasteiger partial charge >= 0.3 is 0 Å². The number of halogens is 2. The van der Waals surface area contributed by atoms with Crippen LogP contribution in [0.4, 0.5) is 0 Å². The first kappa shape index (κ1) is 14.7. The first-order valence-electron chi connectivity index (χ1n) is 4.80. The molecule has 0 amide bonds. The second-order valence-electron chi connectivity index (χ2n) is 3.17. The summed E-state index contributed by atoms with van der Waals surface area (Å²) in [5, 5.41) is 8.86. The summed E-state index contributed by atoms with van der Waals surface area (Å²) >= 11 is 5.67. The highest BCUT2D eigenvalue weighted by Gasteiger charge is 2.03. The quantitative estimate of drug-likeness (QED) is 0.782. The van der Waals surface area contributed by atoms with Gasteiger partial charge in [-0.2, -0.15) is 0 Å². The second kappa shape index (κ2) is 8.98. The third kappa shape index (κ3) is 6.00. The zero-order valence-corrected chi connectivity index (χ0v) is 10.2. The molecule has 0 unspecified atom stereocenters. The summed E-state index contributed by atoms with van der Waals surface area (Å²) in [4.78, 5) is 2.14. The predicted molar refractivity (Wildman–Crippen MR) is 66.8 cm³/mol. The van der Waals surface area contributed by atoms with Crippen LogP contribution in [0.5, 0.6) is 0 Å². The van der Waals surface area contributed by atoms with Crippen LogP contribution >= 0.6 is 24.0 Å². The molecule has 0 spiro atoms. The van der Waals surface area contributed by atoms with Crippen molar-refractivity contribution >= 4 is 24.0 Å².